The van der Waals surface area contributed by atoms with Crippen molar-refractivity contribution < 1.29 is 4.74 Å². The van der Waals surface area contributed by atoms with Crippen LogP contribution in [0.4, 0.5) is 5.95 Å². The van der Waals surface area contributed by atoms with Gasteiger partial charge in [0.15, 0.2) is 11.2 Å². The van der Waals surface area contributed by atoms with Crippen molar-refractivity contribution in [1.82, 2.24) is 18.7 Å². The normalized spacial score (nSPS) is 11.7. The molecular weight excluding hydrogens is 479 g/mol. The van der Waals surface area contributed by atoms with E-state index in [1.165, 1.54) is 11.6 Å². The van der Waals surface area contributed by atoms with Crippen molar-refractivity contribution in [2.75, 3.05) is 12.0 Å². The number of halogens is 2. The van der Waals surface area contributed by atoms with Crippen LogP contribution in [0.25, 0.3) is 11.2 Å². The molecule has 2 aromatic carbocycles. The standard InChI is InChI=1S/C23H22Cl2N6O3/c1-14(13-34-18-10-9-16(24)11-17(18)25)27-28-22-26-20-19(21(32)30(3)23(33)29(20)2)31(22)12-15-7-5-4-6-8-15/h4-11H,12-13H2,1-3H3,(H,26,28)/b27-14-. The third kappa shape index (κ3) is 4.71. The quantitative estimate of drug-likeness (QED) is 0.308. The highest BCUT2D eigenvalue weighted by atomic mass is 35.5. The van der Waals surface area contributed by atoms with E-state index in [-0.39, 0.29) is 12.3 Å². The highest BCUT2D eigenvalue weighted by Gasteiger charge is 2.19. The Morgan fingerprint density at radius 3 is 2.53 bits per heavy atom. The fourth-order valence-electron chi connectivity index (χ4n) is 3.40. The smallest absolute Gasteiger partial charge is 0.332 e. The maximum atomic E-state index is 13.0. The summed E-state index contributed by atoms with van der Waals surface area (Å²) in [4.78, 5) is 29.9. The minimum absolute atomic E-state index is 0.160. The highest BCUT2D eigenvalue weighted by Crippen LogP contribution is 2.27. The molecule has 176 valence electrons. The van der Waals surface area contributed by atoms with Gasteiger partial charge in [-0.25, -0.2) is 10.2 Å². The van der Waals surface area contributed by atoms with E-state index in [1.807, 2.05) is 30.3 Å². The van der Waals surface area contributed by atoms with Crippen molar-refractivity contribution in [1.29, 1.82) is 0 Å². The Hall–Kier alpha value is -3.56. The summed E-state index contributed by atoms with van der Waals surface area (Å²) in [6.45, 7) is 2.29. The van der Waals surface area contributed by atoms with Crippen molar-refractivity contribution in [3.05, 3.63) is 85.0 Å². The summed E-state index contributed by atoms with van der Waals surface area (Å²) in [6.07, 6.45) is 0. The number of ether oxygens (including phenoxy) is 1. The number of hydrogen-bond acceptors (Lipinski definition) is 6. The summed E-state index contributed by atoms with van der Waals surface area (Å²) in [5, 5.41) is 5.27. The molecule has 0 saturated heterocycles. The van der Waals surface area contributed by atoms with Crippen molar-refractivity contribution in [3.8, 4) is 5.75 Å². The minimum atomic E-state index is -0.457. The Morgan fingerprint density at radius 1 is 1.09 bits per heavy atom. The van der Waals surface area contributed by atoms with E-state index >= 15 is 0 Å². The number of benzene rings is 2. The maximum absolute atomic E-state index is 13.0. The molecule has 4 rings (SSSR count). The van der Waals surface area contributed by atoms with Gasteiger partial charge in [0.1, 0.15) is 12.4 Å². The second kappa shape index (κ2) is 9.74. The largest absolute Gasteiger partial charge is 0.486 e. The molecule has 0 aliphatic carbocycles. The van der Waals surface area contributed by atoms with E-state index in [2.05, 4.69) is 15.5 Å². The maximum Gasteiger partial charge on any atom is 0.332 e. The summed E-state index contributed by atoms with van der Waals surface area (Å²) in [6, 6.07) is 14.6. The average Bonchev–Trinajstić information content (AvgIpc) is 3.18. The number of nitrogens with one attached hydrogen (secondary N) is 1. The monoisotopic (exact) mass is 500 g/mol. The van der Waals surface area contributed by atoms with Crippen LogP contribution in [-0.2, 0) is 20.6 Å². The summed E-state index contributed by atoms with van der Waals surface area (Å²) >= 11 is 12.1. The van der Waals surface area contributed by atoms with Crippen LogP contribution in [0.3, 0.4) is 0 Å². The molecule has 0 aliphatic heterocycles. The Labute approximate surface area is 204 Å². The first-order chi connectivity index (χ1) is 16.3. The van der Waals surface area contributed by atoms with Crippen molar-refractivity contribution in [2.45, 2.75) is 13.5 Å². The molecule has 0 amide bonds. The Balaban J connectivity index is 1.67. The SMILES string of the molecule is C/C(COc1ccc(Cl)cc1Cl)=N/Nc1nc2c(c(=O)n(C)c(=O)n2C)n1Cc1ccccc1. The van der Waals surface area contributed by atoms with Gasteiger partial charge in [-0.1, -0.05) is 53.5 Å². The third-order valence-corrected chi connectivity index (χ3v) is 5.74. The number of rotatable bonds is 7. The van der Waals surface area contributed by atoms with Gasteiger partial charge < -0.3 is 4.74 Å². The van der Waals surface area contributed by atoms with Crippen LogP contribution in [-0.4, -0.2) is 31.0 Å². The van der Waals surface area contributed by atoms with Gasteiger partial charge in [-0.3, -0.25) is 18.5 Å². The second-order valence-corrected chi connectivity index (χ2v) is 8.55. The molecule has 0 radical (unpaired) electrons. The summed E-state index contributed by atoms with van der Waals surface area (Å²) in [7, 11) is 3.02. The zero-order valence-corrected chi connectivity index (χ0v) is 20.3. The van der Waals surface area contributed by atoms with E-state index < -0.39 is 11.2 Å². The number of hydrogen-bond donors (Lipinski definition) is 1. The van der Waals surface area contributed by atoms with Gasteiger partial charge in [0.25, 0.3) is 5.56 Å². The van der Waals surface area contributed by atoms with Crippen LogP contribution < -0.4 is 21.4 Å². The summed E-state index contributed by atoms with van der Waals surface area (Å²) in [5.74, 6) is 0.802. The van der Waals surface area contributed by atoms with Crippen LogP contribution in [0.5, 0.6) is 5.75 Å². The number of aromatic nitrogens is 4. The number of nitrogens with zero attached hydrogens (tertiary/aromatic N) is 5. The number of anilines is 1. The van der Waals surface area contributed by atoms with Crippen LogP contribution in [0.1, 0.15) is 12.5 Å². The fraction of sp³-hybridized carbons (Fsp3) is 0.217. The Morgan fingerprint density at radius 2 is 1.82 bits per heavy atom. The predicted octanol–water partition coefficient (Wildman–Crippen LogP) is 3.66. The van der Waals surface area contributed by atoms with Gasteiger partial charge in [0.05, 0.1) is 17.3 Å². The zero-order valence-electron chi connectivity index (χ0n) is 18.7. The van der Waals surface area contributed by atoms with E-state index in [0.717, 1.165) is 10.1 Å². The molecule has 0 saturated carbocycles. The zero-order chi connectivity index (χ0) is 24.4. The third-order valence-electron chi connectivity index (χ3n) is 5.21. The van der Waals surface area contributed by atoms with E-state index in [1.54, 1.807) is 36.7 Å². The van der Waals surface area contributed by atoms with Gasteiger partial charge >= 0.3 is 5.69 Å². The van der Waals surface area contributed by atoms with Gasteiger partial charge in [-0.2, -0.15) is 10.1 Å². The van der Waals surface area contributed by atoms with E-state index in [0.29, 0.717) is 39.5 Å². The van der Waals surface area contributed by atoms with Crippen molar-refractivity contribution in [3.63, 3.8) is 0 Å². The lowest BCUT2D eigenvalue weighted by Gasteiger charge is -2.10. The van der Waals surface area contributed by atoms with Crippen LogP contribution in [0, 0.1) is 0 Å². The molecule has 2 heterocycles. The Bertz CT molecular complexity index is 1510. The topological polar surface area (TPSA) is 95.4 Å². The summed E-state index contributed by atoms with van der Waals surface area (Å²) < 4.78 is 9.82. The van der Waals surface area contributed by atoms with Gasteiger partial charge in [0.2, 0.25) is 5.95 Å². The highest BCUT2D eigenvalue weighted by molar-refractivity contribution is 6.35. The lowest BCUT2D eigenvalue weighted by atomic mass is 10.2. The lowest BCUT2D eigenvalue weighted by Crippen LogP contribution is -2.37. The number of hydrazone groups is 1. The first-order valence-electron chi connectivity index (χ1n) is 10.3. The molecule has 34 heavy (non-hydrogen) atoms. The number of imidazole rings is 1. The van der Waals surface area contributed by atoms with E-state index in [9.17, 15) is 9.59 Å². The lowest BCUT2D eigenvalue weighted by molar-refractivity contribution is 0.376. The second-order valence-electron chi connectivity index (χ2n) is 7.71. The average molecular weight is 501 g/mol. The van der Waals surface area contributed by atoms with E-state index in [4.69, 9.17) is 27.9 Å². The molecule has 0 atom stereocenters. The minimum Gasteiger partial charge on any atom is -0.486 e. The molecule has 0 aliphatic rings. The predicted molar refractivity (Wildman–Crippen MR) is 134 cm³/mol. The molecule has 0 bridgehead atoms. The molecule has 0 spiro atoms. The van der Waals surface area contributed by atoms with Crippen LogP contribution >= 0.6 is 23.2 Å². The van der Waals surface area contributed by atoms with Crippen LogP contribution in [0.2, 0.25) is 10.0 Å². The number of aryl methyl sites for hydroxylation is 1. The molecule has 9 nitrogen and oxygen atoms in total. The van der Waals surface area contributed by atoms with Crippen molar-refractivity contribution >= 4 is 46.0 Å². The molecule has 4 aromatic rings. The molecule has 1 N–H and O–H groups in total. The first-order valence-corrected chi connectivity index (χ1v) is 11.1. The van der Waals surface area contributed by atoms with Gasteiger partial charge in [-0.15, -0.1) is 0 Å². The fourth-order valence-corrected chi connectivity index (χ4v) is 3.87. The number of fused-ring (bicyclic) bond motifs is 1. The summed E-state index contributed by atoms with van der Waals surface area (Å²) in [5.41, 5.74) is 4.16. The molecule has 0 fully saturated rings. The molecule has 0 unspecified atom stereocenters. The van der Waals surface area contributed by atoms with Gasteiger partial charge in [-0.05, 0) is 30.7 Å². The molecule has 11 heteroatoms. The Kier molecular flexibility index (Phi) is 6.76. The van der Waals surface area contributed by atoms with Crippen LogP contribution in [0.15, 0.2) is 63.2 Å². The van der Waals surface area contributed by atoms with Gasteiger partial charge in [0, 0.05) is 19.1 Å². The van der Waals surface area contributed by atoms with Crippen molar-refractivity contribution in [2.24, 2.45) is 19.2 Å². The molecule has 2 aromatic heterocycles. The first kappa shape index (κ1) is 23.6. The molecular formula is C23H22Cl2N6O3.